The predicted molar refractivity (Wildman–Crippen MR) is 106 cm³/mol. The highest BCUT2D eigenvalue weighted by Crippen LogP contribution is 2.21. The second-order valence-electron chi connectivity index (χ2n) is 7.63. The lowest BCUT2D eigenvalue weighted by Crippen LogP contribution is -2.39. The van der Waals surface area contributed by atoms with Crippen LogP contribution in [-0.2, 0) is 10.0 Å². The summed E-state index contributed by atoms with van der Waals surface area (Å²) in [6.45, 7) is 6.13. The number of piperidine rings is 1. The lowest BCUT2D eigenvalue weighted by atomic mass is 10.0. The van der Waals surface area contributed by atoms with Gasteiger partial charge in [0.05, 0.1) is 4.90 Å². The Morgan fingerprint density at radius 3 is 2.63 bits per heavy atom. The van der Waals surface area contributed by atoms with E-state index < -0.39 is 10.0 Å². The van der Waals surface area contributed by atoms with Crippen LogP contribution < -0.4 is 5.32 Å². The molecule has 0 radical (unpaired) electrons. The fraction of sp³-hybridized carbons (Fsp3) is 0.650. The van der Waals surface area contributed by atoms with E-state index >= 15 is 0 Å². The van der Waals surface area contributed by atoms with E-state index in [9.17, 15) is 13.2 Å². The number of nitrogens with zero attached hydrogens (tertiary/aromatic N) is 2. The summed E-state index contributed by atoms with van der Waals surface area (Å²) >= 11 is 0. The maximum atomic E-state index is 12.7. The molecule has 0 aliphatic carbocycles. The molecule has 2 heterocycles. The highest BCUT2D eigenvalue weighted by atomic mass is 32.2. The SMILES string of the molecule is C[C@@H]1CCCCN1CCCNC(=O)c1cccc(S(=O)(=O)N2CCCC2)c1. The molecule has 3 rings (SSSR count). The number of carbonyl (C=O) groups is 1. The highest BCUT2D eigenvalue weighted by molar-refractivity contribution is 7.89. The van der Waals surface area contributed by atoms with E-state index in [4.69, 9.17) is 0 Å². The van der Waals surface area contributed by atoms with Crippen molar-refractivity contribution < 1.29 is 13.2 Å². The number of benzene rings is 1. The van der Waals surface area contributed by atoms with Crippen molar-refractivity contribution in [3.8, 4) is 0 Å². The molecule has 0 bridgehead atoms. The molecule has 2 fully saturated rings. The molecule has 0 saturated carbocycles. The van der Waals surface area contributed by atoms with E-state index in [1.807, 2.05) is 0 Å². The second-order valence-corrected chi connectivity index (χ2v) is 9.57. The average molecular weight is 394 g/mol. The smallest absolute Gasteiger partial charge is 0.251 e. The Hall–Kier alpha value is -1.44. The number of rotatable bonds is 7. The van der Waals surface area contributed by atoms with Crippen LogP contribution in [0.1, 0.15) is 55.8 Å². The molecule has 1 atom stereocenters. The summed E-state index contributed by atoms with van der Waals surface area (Å²) in [4.78, 5) is 15.1. The fourth-order valence-corrected chi connectivity index (χ4v) is 5.51. The topological polar surface area (TPSA) is 69.7 Å². The molecule has 1 N–H and O–H groups in total. The Bertz CT molecular complexity index is 745. The molecule has 7 heteroatoms. The minimum Gasteiger partial charge on any atom is -0.352 e. The molecule has 2 saturated heterocycles. The Kier molecular flexibility index (Phi) is 6.89. The summed E-state index contributed by atoms with van der Waals surface area (Å²) in [5, 5.41) is 2.93. The summed E-state index contributed by atoms with van der Waals surface area (Å²) in [7, 11) is -3.49. The molecule has 2 aliphatic heterocycles. The first kappa shape index (κ1) is 20.3. The number of likely N-dealkylation sites (tertiary alicyclic amines) is 1. The zero-order chi connectivity index (χ0) is 19.3. The quantitative estimate of drug-likeness (QED) is 0.723. The number of sulfonamides is 1. The van der Waals surface area contributed by atoms with Crippen LogP contribution in [0, 0.1) is 0 Å². The van der Waals surface area contributed by atoms with Crippen molar-refractivity contribution in [1.82, 2.24) is 14.5 Å². The zero-order valence-electron chi connectivity index (χ0n) is 16.2. The maximum absolute atomic E-state index is 12.7. The lowest BCUT2D eigenvalue weighted by molar-refractivity contribution is 0.0948. The standard InChI is InChI=1S/C20H31N3O3S/c1-17-8-2-3-12-22(17)13-7-11-21-20(24)18-9-6-10-19(16-18)27(25,26)23-14-4-5-15-23/h6,9-10,16-17H,2-5,7-8,11-15H2,1H3,(H,21,24)/t17-/m1/s1. The van der Waals surface area contributed by atoms with Crippen molar-refractivity contribution in [2.24, 2.45) is 0 Å². The minimum absolute atomic E-state index is 0.208. The van der Waals surface area contributed by atoms with Crippen LogP contribution in [0.15, 0.2) is 29.2 Å². The fourth-order valence-electron chi connectivity index (χ4n) is 3.95. The zero-order valence-corrected chi connectivity index (χ0v) is 17.0. The second kappa shape index (κ2) is 9.17. The van der Waals surface area contributed by atoms with E-state index in [0.29, 0.717) is 31.2 Å². The van der Waals surface area contributed by atoms with Gasteiger partial charge in [0.1, 0.15) is 0 Å². The number of amides is 1. The third kappa shape index (κ3) is 5.09. The van der Waals surface area contributed by atoms with Gasteiger partial charge in [-0.25, -0.2) is 8.42 Å². The Balaban J connectivity index is 1.52. The van der Waals surface area contributed by atoms with Crippen molar-refractivity contribution in [2.75, 3.05) is 32.7 Å². The predicted octanol–water partition coefficient (Wildman–Crippen LogP) is 2.47. The number of nitrogens with one attached hydrogen (secondary N) is 1. The van der Waals surface area contributed by atoms with Gasteiger partial charge in [0.2, 0.25) is 10.0 Å². The first-order valence-corrected chi connectivity index (χ1v) is 11.5. The van der Waals surface area contributed by atoms with Crippen LogP contribution in [-0.4, -0.2) is 62.3 Å². The van der Waals surface area contributed by atoms with Gasteiger partial charge in [-0.15, -0.1) is 0 Å². The van der Waals surface area contributed by atoms with Crippen LogP contribution in [0.5, 0.6) is 0 Å². The third-order valence-electron chi connectivity index (χ3n) is 5.65. The molecular formula is C20H31N3O3S. The lowest BCUT2D eigenvalue weighted by Gasteiger charge is -2.33. The normalized spacial score (nSPS) is 22.0. The monoisotopic (exact) mass is 393 g/mol. The van der Waals surface area contributed by atoms with E-state index in [-0.39, 0.29) is 10.8 Å². The van der Waals surface area contributed by atoms with Gasteiger partial charge in [-0.1, -0.05) is 12.5 Å². The van der Waals surface area contributed by atoms with E-state index in [2.05, 4.69) is 17.1 Å². The van der Waals surface area contributed by atoms with Gasteiger partial charge in [0.15, 0.2) is 0 Å². The number of carbonyl (C=O) groups excluding carboxylic acids is 1. The van der Waals surface area contributed by atoms with E-state index in [1.54, 1.807) is 18.2 Å². The van der Waals surface area contributed by atoms with E-state index in [1.165, 1.54) is 29.6 Å². The van der Waals surface area contributed by atoms with Gasteiger partial charge >= 0.3 is 0 Å². The Morgan fingerprint density at radius 1 is 1.15 bits per heavy atom. The van der Waals surface area contributed by atoms with Gasteiger partial charge in [-0.05, 0) is 63.8 Å². The summed E-state index contributed by atoms with van der Waals surface area (Å²) in [6, 6.07) is 7.01. The molecule has 0 spiro atoms. The van der Waals surface area contributed by atoms with Gasteiger partial charge < -0.3 is 10.2 Å². The minimum atomic E-state index is -3.49. The van der Waals surface area contributed by atoms with Crippen LogP contribution in [0.25, 0.3) is 0 Å². The van der Waals surface area contributed by atoms with Crippen LogP contribution in [0.2, 0.25) is 0 Å². The molecule has 150 valence electrons. The van der Waals surface area contributed by atoms with E-state index in [0.717, 1.165) is 32.4 Å². The molecule has 0 unspecified atom stereocenters. The Morgan fingerprint density at radius 2 is 1.89 bits per heavy atom. The maximum Gasteiger partial charge on any atom is 0.251 e. The van der Waals surface area contributed by atoms with Gasteiger partial charge in [0.25, 0.3) is 5.91 Å². The van der Waals surface area contributed by atoms with Gasteiger partial charge in [-0.3, -0.25) is 4.79 Å². The first-order valence-electron chi connectivity index (χ1n) is 10.1. The van der Waals surface area contributed by atoms with Gasteiger partial charge in [-0.2, -0.15) is 4.31 Å². The van der Waals surface area contributed by atoms with Crippen LogP contribution in [0.4, 0.5) is 0 Å². The van der Waals surface area contributed by atoms with Crippen molar-refractivity contribution in [3.63, 3.8) is 0 Å². The van der Waals surface area contributed by atoms with Crippen LogP contribution >= 0.6 is 0 Å². The largest absolute Gasteiger partial charge is 0.352 e. The molecule has 1 amide bonds. The van der Waals surface area contributed by atoms with Crippen molar-refractivity contribution in [2.45, 2.75) is 56.4 Å². The molecule has 6 nitrogen and oxygen atoms in total. The van der Waals surface area contributed by atoms with Crippen LogP contribution in [0.3, 0.4) is 0 Å². The summed E-state index contributed by atoms with van der Waals surface area (Å²) < 4.78 is 26.8. The highest BCUT2D eigenvalue weighted by Gasteiger charge is 2.27. The molecule has 1 aromatic carbocycles. The summed E-state index contributed by atoms with van der Waals surface area (Å²) in [6.07, 6.45) is 6.52. The number of hydrogen-bond acceptors (Lipinski definition) is 4. The molecule has 27 heavy (non-hydrogen) atoms. The van der Waals surface area contributed by atoms with Crippen molar-refractivity contribution in [3.05, 3.63) is 29.8 Å². The number of hydrogen-bond donors (Lipinski definition) is 1. The molecular weight excluding hydrogens is 362 g/mol. The summed E-state index contributed by atoms with van der Waals surface area (Å²) in [5.41, 5.74) is 0.404. The summed E-state index contributed by atoms with van der Waals surface area (Å²) in [5.74, 6) is -0.208. The molecule has 2 aliphatic rings. The molecule has 1 aromatic rings. The Labute approximate surface area is 163 Å². The average Bonchev–Trinajstić information content (AvgIpc) is 3.22. The third-order valence-corrected chi connectivity index (χ3v) is 7.54. The van der Waals surface area contributed by atoms with Gasteiger partial charge in [0, 0.05) is 37.8 Å². The molecule has 0 aromatic heterocycles. The van der Waals surface area contributed by atoms with Crippen molar-refractivity contribution in [1.29, 1.82) is 0 Å². The van der Waals surface area contributed by atoms with Crippen molar-refractivity contribution >= 4 is 15.9 Å². The first-order chi connectivity index (χ1) is 13.0.